The molecule has 2 aromatic carbocycles. The van der Waals surface area contributed by atoms with Crippen molar-refractivity contribution in [2.24, 2.45) is 5.92 Å². The summed E-state index contributed by atoms with van der Waals surface area (Å²) in [4.78, 5) is 35.6. The van der Waals surface area contributed by atoms with E-state index in [0.29, 0.717) is 43.8 Å². The lowest BCUT2D eigenvalue weighted by Crippen LogP contribution is -2.50. The topological polar surface area (TPSA) is 124 Å². The van der Waals surface area contributed by atoms with Crippen molar-refractivity contribution in [1.29, 1.82) is 0 Å². The lowest BCUT2D eigenvalue weighted by molar-refractivity contribution is -0.134. The molecule has 1 saturated heterocycles. The van der Waals surface area contributed by atoms with E-state index in [1.165, 1.54) is 6.07 Å². The zero-order valence-corrected chi connectivity index (χ0v) is 26.9. The number of carbonyl (C=O) groups excluding carboxylic acids is 2. The number of aromatic nitrogens is 2. The Morgan fingerprint density at radius 3 is 2.42 bits per heavy atom. The van der Waals surface area contributed by atoms with E-state index in [0.717, 1.165) is 42.6 Å². The number of hydrogen-bond acceptors (Lipinski definition) is 5. The van der Waals surface area contributed by atoms with Crippen LogP contribution in [0.4, 0.5) is 5.69 Å². The Labute approximate surface area is 261 Å². The number of imidazole rings is 1. The van der Waals surface area contributed by atoms with Gasteiger partial charge in [0.25, 0.3) is 0 Å². The van der Waals surface area contributed by atoms with Crippen LogP contribution in [-0.4, -0.2) is 54.2 Å². The van der Waals surface area contributed by atoms with Gasteiger partial charge in [0.2, 0.25) is 21.8 Å². The maximum atomic E-state index is 14.0. The standard InChI is InChI=1S/C32H43N5O4S.ClH/c1-4-23-18-20-37(21-19-23)32(39)28(16-11-15-27-26(5-2)33-22-34-27)36-42(40,41)29-17-10-14-25(24-12-8-7-9-13-24)31(29)35-30(38)6-3;/h7-10,12-14,17,22-23,28,36H,4-6,11,15-16,18-21H2,1-3H3,(H,33,34)(H,35,38);1H/t28-;/m0./s1. The number of aromatic amines is 1. The molecular weight excluding hydrogens is 586 g/mol. The van der Waals surface area contributed by atoms with Gasteiger partial charge in [0.05, 0.1) is 17.7 Å². The van der Waals surface area contributed by atoms with E-state index in [-0.39, 0.29) is 41.2 Å². The van der Waals surface area contributed by atoms with Crippen molar-refractivity contribution in [1.82, 2.24) is 19.6 Å². The second-order valence-corrected chi connectivity index (χ2v) is 12.6. The molecule has 1 aliphatic heterocycles. The minimum absolute atomic E-state index is 0. The van der Waals surface area contributed by atoms with Gasteiger partial charge in [0, 0.05) is 30.8 Å². The summed E-state index contributed by atoms with van der Waals surface area (Å²) in [5, 5.41) is 2.82. The van der Waals surface area contributed by atoms with Crippen LogP contribution in [0, 0.1) is 5.92 Å². The molecule has 0 aliphatic carbocycles. The van der Waals surface area contributed by atoms with Crippen molar-refractivity contribution in [3.8, 4) is 11.1 Å². The number of amides is 2. The molecule has 9 nitrogen and oxygen atoms in total. The zero-order chi connectivity index (χ0) is 30.1. The number of rotatable bonds is 13. The van der Waals surface area contributed by atoms with E-state index in [1.807, 2.05) is 37.3 Å². The van der Waals surface area contributed by atoms with E-state index in [2.05, 4.69) is 26.9 Å². The number of aryl methyl sites for hydroxylation is 2. The van der Waals surface area contributed by atoms with Gasteiger partial charge in [-0.3, -0.25) is 9.59 Å². The Kier molecular flexibility index (Phi) is 12.8. The van der Waals surface area contributed by atoms with Crippen LogP contribution < -0.4 is 10.0 Å². The van der Waals surface area contributed by atoms with Crippen LogP contribution in [0.2, 0.25) is 0 Å². The van der Waals surface area contributed by atoms with Gasteiger partial charge in [-0.25, -0.2) is 13.4 Å². The predicted molar refractivity (Wildman–Crippen MR) is 173 cm³/mol. The fourth-order valence-corrected chi connectivity index (χ4v) is 7.00. The highest BCUT2D eigenvalue weighted by Gasteiger charge is 2.33. The predicted octanol–water partition coefficient (Wildman–Crippen LogP) is 5.73. The summed E-state index contributed by atoms with van der Waals surface area (Å²) in [6, 6.07) is 13.3. The second-order valence-electron chi connectivity index (χ2n) is 10.9. The molecule has 2 heterocycles. The second kappa shape index (κ2) is 16.0. The van der Waals surface area contributed by atoms with Crippen molar-refractivity contribution >= 4 is 39.9 Å². The summed E-state index contributed by atoms with van der Waals surface area (Å²) < 4.78 is 30.8. The maximum absolute atomic E-state index is 14.0. The number of para-hydroxylation sites is 1. The number of piperidine rings is 1. The summed E-state index contributed by atoms with van der Waals surface area (Å²) in [6.45, 7) is 7.16. The molecule has 0 bridgehead atoms. The first-order chi connectivity index (χ1) is 20.3. The van der Waals surface area contributed by atoms with Gasteiger partial charge in [-0.05, 0) is 56.1 Å². The van der Waals surface area contributed by atoms with Crippen LogP contribution in [0.5, 0.6) is 0 Å². The van der Waals surface area contributed by atoms with Crippen molar-refractivity contribution in [3.05, 3.63) is 66.2 Å². The molecule has 1 atom stereocenters. The number of nitrogens with zero attached hydrogens (tertiary/aromatic N) is 2. The van der Waals surface area contributed by atoms with Gasteiger partial charge in [-0.2, -0.15) is 4.72 Å². The number of halogens is 1. The van der Waals surface area contributed by atoms with Gasteiger partial charge in [0.1, 0.15) is 10.9 Å². The van der Waals surface area contributed by atoms with Gasteiger partial charge in [-0.15, -0.1) is 12.4 Å². The molecule has 234 valence electrons. The summed E-state index contributed by atoms with van der Waals surface area (Å²) in [5.74, 6) is 0.0850. The minimum atomic E-state index is -4.20. The molecule has 1 aliphatic rings. The number of hydrogen-bond donors (Lipinski definition) is 3. The smallest absolute Gasteiger partial charge is 0.243 e. The third kappa shape index (κ3) is 8.68. The number of anilines is 1. The fraction of sp³-hybridized carbons (Fsp3) is 0.469. The molecule has 3 N–H and O–H groups in total. The molecule has 43 heavy (non-hydrogen) atoms. The van der Waals surface area contributed by atoms with E-state index in [9.17, 15) is 18.0 Å². The van der Waals surface area contributed by atoms with Gasteiger partial charge in [0.15, 0.2) is 0 Å². The third-order valence-electron chi connectivity index (χ3n) is 8.15. The highest BCUT2D eigenvalue weighted by Crippen LogP contribution is 2.34. The number of nitrogens with one attached hydrogen (secondary N) is 3. The molecule has 0 unspecified atom stereocenters. The van der Waals surface area contributed by atoms with Crippen LogP contribution in [0.1, 0.15) is 70.7 Å². The van der Waals surface area contributed by atoms with E-state index in [4.69, 9.17) is 0 Å². The number of carbonyl (C=O) groups is 2. The van der Waals surface area contributed by atoms with Gasteiger partial charge < -0.3 is 15.2 Å². The SMILES string of the molecule is CCC(=O)Nc1c(-c2ccccc2)cccc1S(=O)(=O)N[C@@H](CCCc1[nH]cnc1CC)C(=O)N1CCC(CC)CC1.Cl. The number of likely N-dealkylation sites (tertiary alicyclic amines) is 1. The van der Waals surface area contributed by atoms with E-state index in [1.54, 1.807) is 30.3 Å². The highest BCUT2D eigenvalue weighted by atomic mass is 35.5. The lowest BCUT2D eigenvalue weighted by Gasteiger charge is -2.34. The first-order valence-corrected chi connectivity index (χ1v) is 16.6. The third-order valence-corrected chi connectivity index (χ3v) is 9.66. The summed E-state index contributed by atoms with van der Waals surface area (Å²) in [6.07, 6.45) is 7.17. The largest absolute Gasteiger partial charge is 0.348 e. The summed E-state index contributed by atoms with van der Waals surface area (Å²) in [5.41, 5.74) is 3.57. The average molecular weight is 630 g/mol. The summed E-state index contributed by atoms with van der Waals surface area (Å²) in [7, 11) is -4.20. The monoisotopic (exact) mass is 629 g/mol. The minimum Gasteiger partial charge on any atom is -0.348 e. The van der Waals surface area contributed by atoms with Crippen molar-refractivity contribution in [2.75, 3.05) is 18.4 Å². The average Bonchev–Trinajstić information content (AvgIpc) is 3.48. The molecule has 0 saturated carbocycles. The molecule has 0 radical (unpaired) electrons. The molecule has 3 aromatic rings. The molecule has 4 rings (SSSR count). The fourth-order valence-electron chi connectivity index (χ4n) is 5.59. The normalized spacial score (nSPS) is 14.6. The Bertz CT molecular complexity index is 1450. The molecule has 11 heteroatoms. The quantitative estimate of drug-likeness (QED) is 0.223. The zero-order valence-electron chi connectivity index (χ0n) is 25.3. The summed E-state index contributed by atoms with van der Waals surface area (Å²) >= 11 is 0. The molecule has 1 fully saturated rings. The maximum Gasteiger partial charge on any atom is 0.243 e. The van der Waals surface area contributed by atoms with Crippen LogP contribution in [0.3, 0.4) is 0 Å². The van der Waals surface area contributed by atoms with Gasteiger partial charge >= 0.3 is 0 Å². The van der Waals surface area contributed by atoms with Crippen LogP contribution in [0.15, 0.2) is 59.8 Å². The number of sulfonamides is 1. The van der Waals surface area contributed by atoms with E-state index < -0.39 is 16.1 Å². The van der Waals surface area contributed by atoms with Crippen molar-refractivity contribution in [2.45, 2.75) is 83.1 Å². The molecule has 0 spiro atoms. The molecule has 1 aromatic heterocycles. The first-order valence-electron chi connectivity index (χ1n) is 15.1. The Hall–Kier alpha value is -3.21. The van der Waals surface area contributed by atoms with Gasteiger partial charge in [-0.1, -0.05) is 69.7 Å². The van der Waals surface area contributed by atoms with Crippen LogP contribution in [0.25, 0.3) is 11.1 Å². The van der Waals surface area contributed by atoms with Crippen LogP contribution in [-0.2, 0) is 32.5 Å². The Balaban J connectivity index is 0.00000506. The van der Waals surface area contributed by atoms with E-state index >= 15 is 0 Å². The Morgan fingerprint density at radius 1 is 1.05 bits per heavy atom. The Morgan fingerprint density at radius 2 is 1.77 bits per heavy atom. The number of benzene rings is 2. The first kappa shape index (κ1) is 34.3. The lowest BCUT2D eigenvalue weighted by atomic mass is 9.94. The van der Waals surface area contributed by atoms with Crippen molar-refractivity contribution < 1.29 is 18.0 Å². The molecule has 2 amide bonds. The van der Waals surface area contributed by atoms with Crippen molar-refractivity contribution in [3.63, 3.8) is 0 Å². The van der Waals surface area contributed by atoms with Crippen LogP contribution >= 0.6 is 12.4 Å². The molecular formula is C32H44ClN5O4S. The highest BCUT2D eigenvalue weighted by molar-refractivity contribution is 7.89. The number of H-pyrrole nitrogens is 1.